The largest absolute Gasteiger partial charge is 0.445 e. The van der Waals surface area contributed by atoms with Crippen molar-refractivity contribution in [2.45, 2.75) is 26.5 Å². The number of alkyl carbamates (subject to hydrolysis) is 1. The van der Waals surface area contributed by atoms with Crippen molar-refractivity contribution in [1.29, 1.82) is 5.26 Å². The molecule has 0 fully saturated rings. The van der Waals surface area contributed by atoms with Crippen LogP contribution in [0.3, 0.4) is 0 Å². The minimum Gasteiger partial charge on any atom is -0.445 e. The summed E-state index contributed by atoms with van der Waals surface area (Å²) in [5, 5.41) is 13.4. The number of rotatable bonds is 6. The number of amides is 2. The van der Waals surface area contributed by atoms with E-state index in [-0.39, 0.29) is 19.1 Å². The molecule has 1 aromatic rings. The lowest BCUT2D eigenvalue weighted by atomic mass is 10.0. The van der Waals surface area contributed by atoms with E-state index in [0.717, 1.165) is 5.56 Å². The molecule has 6 nitrogen and oxygen atoms in total. The van der Waals surface area contributed by atoms with Crippen molar-refractivity contribution in [3.63, 3.8) is 0 Å². The molecule has 0 unspecified atom stereocenters. The van der Waals surface area contributed by atoms with E-state index < -0.39 is 18.0 Å². The van der Waals surface area contributed by atoms with Crippen LogP contribution in [-0.2, 0) is 16.1 Å². The summed E-state index contributed by atoms with van der Waals surface area (Å²) in [6.45, 7) is 3.64. The van der Waals surface area contributed by atoms with Crippen LogP contribution in [-0.4, -0.2) is 24.6 Å². The van der Waals surface area contributed by atoms with Gasteiger partial charge in [-0.1, -0.05) is 44.2 Å². The molecule has 0 saturated heterocycles. The van der Waals surface area contributed by atoms with Gasteiger partial charge in [-0.3, -0.25) is 4.79 Å². The number of ether oxygens (including phenoxy) is 1. The van der Waals surface area contributed by atoms with Crippen molar-refractivity contribution in [3.8, 4) is 6.07 Å². The Balaban J connectivity index is 2.49. The van der Waals surface area contributed by atoms with Gasteiger partial charge < -0.3 is 15.4 Å². The maximum absolute atomic E-state index is 11.8. The Morgan fingerprint density at radius 3 is 2.52 bits per heavy atom. The number of hydrogen-bond donors (Lipinski definition) is 2. The second-order valence-corrected chi connectivity index (χ2v) is 4.80. The summed E-state index contributed by atoms with van der Waals surface area (Å²) in [5.41, 5.74) is 0.864. The van der Waals surface area contributed by atoms with Gasteiger partial charge in [0.1, 0.15) is 19.2 Å². The van der Waals surface area contributed by atoms with Crippen LogP contribution in [0.4, 0.5) is 4.79 Å². The standard InChI is InChI=1S/C15H19N3O3/c1-11(2)13(14(19)17-9-8-16)18-15(20)21-10-12-6-4-3-5-7-12/h3-7,11,13H,9-10H2,1-2H3,(H,17,19)(H,18,20)/t13-/m0/s1. The zero-order chi connectivity index (χ0) is 15.7. The van der Waals surface area contributed by atoms with E-state index in [2.05, 4.69) is 10.6 Å². The topological polar surface area (TPSA) is 91.2 Å². The number of nitrogens with zero attached hydrogens (tertiary/aromatic N) is 1. The predicted octanol–water partition coefficient (Wildman–Crippen LogP) is 1.58. The van der Waals surface area contributed by atoms with Gasteiger partial charge in [-0.2, -0.15) is 5.26 Å². The molecule has 21 heavy (non-hydrogen) atoms. The van der Waals surface area contributed by atoms with Crippen LogP contribution >= 0.6 is 0 Å². The number of carbonyl (C=O) groups is 2. The van der Waals surface area contributed by atoms with E-state index >= 15 is 0 Å². The van der Waals surface area contributed by atoms with Crippen molar-refractivity contribution in [2.24, 2.45) is 5.92 Å². The first-order valence-electron chi connectivity index (χ1n) is 6.66. The average Bonchev–Trinajstić information content (AvgIpc) is 2.49. The third kappa shape index (κ3) is 5.95. The number of nitrogens with one attached hydrogen (secondary N) is 2. The molecule has 0 aliphatic rings. The summed E-state index contributed by atoms with van der Waals surface area (Å²) in [6.07, 6.45) is -0.662. The van der Waals surface area contributed by atoms with Gasteiger partial charge in [0.15, 0.2) is 0 Å². The van der Waals surface area contributed by atoms with Gasteiger partial charge in [-0.25, -0.2) is 4.79 Å². The summed E-state index contributed by atoms with van der Waals surface area (Å²) >= 11 is 0. The summed E-state index contributed by atoms with van der Waals surface area (Å²) in [6, 6.07) is 10.3. The van der Waals surface area contributed by atoms with Crippen molar-refractivity contribution in [3.05, 3.63) is 35.9 Å². The van der Waals surface area contributed by atoms with Crippen molar-refractivity contribution >= 4 is 12.0 Å². The first-order chi connectivity index (χ1) is 10.0. The Kier molecular flexibility index (Phi) is 6.75. The average molecular weight is 289 g/mol. The molecule has 0 aromatic heterocycles. The van der Waals surface area contributed by atoms with Crippen LogP contribution in [0.2, 0.25) is 0 Å². The van der Waals surface area contributed by atoms with Crippen molar-refractivity contribution in [1.82, 2.24) is 10.6 Å². The van der Waals surface area contributed by atoms with Gasteiger partial charge in [-0.05, 0) is 11.5 Å². The molecular weight excluding hydrogens is 270 g/mol. The fourth-order valence-electron chi connectivity index (χ4n) is 1.66. The van der Waals surface area contributed by atoms with Crippen LogP contribution in [0.5, 0.6) is 0 Å². The SMILES string of the molecule is CC(C)[C@H](NC(=O)OCc1ccccc1)C(=O)NCC#N. The van der Waals surface area contributed by atoms with Crippen LogP contribution in [0, 0.1) is 17.2 Å². The monoisotopic (exact) mass is 289 g/mol. The van der Waals surface area contributed by atoms with E-state index in [9.17, 15) is 9.59 Å². The lowest BCUT2D eigenvalue weighted by molar-refractivity contribution is -0.123. The Hall–Kier alpha value is -2.55. The molecular formula is C15H19N3O3. The quantitative estimate of drug-likeness (QED) is 0.778. The van der Waals surface area contributed by atoms with Crippen LogP contribution in [0.15, 0.2) is 30.3 Å². The number of benzene rings is 1. The summed E-state index contributed by atoms with van der Waals surface area (Å²) < 4.78 is 5.07. The summed E-state index contributed by atoms with van der Waals surface area (Å²) in [5.74, 6) is -0.517. The normalized spacial score (nSPS) is 11.3. The van der Waals surface area contributed by atoms with Crippen molar-refractivity contribution < 1.29 is 14.3 Å². The van der Waals surface area contributed by atoms with Gasteiger partial charge in [0.25, 0.3) is 0 Å². The molecule has 112 valence electrons. The Morgan fingerprint density at radius 2 is 1.95 bits per heavy atom. The highest BCUT2D eigenvalue weighted by Crippen LogP contribution is 2.04. The lowest BCUT2D eigenvalue weighted by Gasteiger charge is -2.20. The fourth-order valence-corrected chi connectivity index (χ4v) is 1.66. The van der Waals surface area contributed by atoms with E-state index in [1.54, 1.807) is 13.8 Å². The highest BCUT2D eigenvalue weighted by atomic mass is 16.5. The zero-order valence-electron chi connectivity index (χ0n) is 12.1. The molecule has 2 N–H and O–H groups in total. The van der Waals surface area contributed by atoms with Crippen LogP contribution in [0.1, 0.15) is 19.4 Å². The van der Waals surface area contributed by atoms with E-state index in [1.807, 2.05) is 36.4 Å². The van der Waals surface area contributed by atoms with Gasteiger partial charge >= 0.3 is 6.09 Å². The molecule has 0 aliphatic carbocycles. The Morgan fingerprint density at radius 1 is 1.29 bits per heavy atom. The predicted molar refractivity (Wildman–Crippen MR) is 77.0 cm³/mol. The molecule has 0 radical (unpaired) electrons. The summed E-state index contributed by atoms with van der Waals surface area (Å²) in [4.78, 5) is 23.6. The fraction of sp³-hybridized carbons (Fsp3) is 0.400. The molecule has 0 heterocycles. The second kappa shape index (κ2) is 8.59. The molecule has 0 spiro atoms. The molecule has 1 rings (SSSR count). The maximum Gasteiger partial charge on any atom is 0.408 e. The first-order valence-corrected chi connectivity index (χ1v) is 6.66. The minimum atomic E-state index is -0.735. The van der Waals surface area contributed by atoms with E-state index in [0.29, 0.717) is 0 Å². The van der Waals surface area contributed by atoms with Gasteiger partial charge in [0.2, 0.25) is 5.91 Å². The third-order valence-corrected chi connectivity index (χ3v) is 2.78. The molecule has 0 aliphatic heterocycles. The Bertz CT molecular complexity index is 509. The van der Waals surface area contributed by atoms with Gasteiger partial charge in [0, 0.05) is 0 Å². The van der Waals surface area contributed by atoms with Crippen LogP contribution < -0.4 is 10.6 Å². The highest BCUT2D eigenvalue weighted by molar-refractivity contribution is 5.85. The Labute approximate surface area is 124 Å². The maximum atomic E-state index is 11.8. The molecule has 1 aromatic carbocycles. The van der Waals surface area contributed by atoms with Gasteiger partial charge in [-0.15, -0.1) is 0 Å². The highest BCUT2D eigenvalue weighted by Gasteiger charge is 2.24. The van der Waals surface area contributed by atoms with E-state index in [4.69, 9.17) is 10.00 Å². The zero-order valence-corrected chi connectivity index (χ0v) is 12.1. The van der Waals surface area contributed by atoms with E-state index in [1.165, 1.54) is 0 Å². The molecule has 6 heteroatoms. The third-order valence-electron chi connectivity index (χ3n) is 2.78. The molecule has 0 saturated carbocycles. The smallest absolute Gasteiger partial charge is 0.408 e. The number of carbonyl (C=O) groups excluding carboxylic acids is 2. The summed E-state index contributed by atoms with van der Waals surface area (Å²) in [7, 11) is 0. The molecule has 2 amide bonds. The van der Waals surface area contributed by atoms with Crippen molar-refractivity contribution in [2.75, 3.05) is 6.54 Å². The minimum absolute atomic E-state index is 0.0944. The number of hydrogen-bond acceptors (Lipinski definition) is 4. The number of nitriles is 1. The van der Waals surface area contributed by atoms with Crippen LogP contribution in [0.25, 0.3) is 0 Å². The second-order valence-electron chi connectivity index (χ2n) is 4.80. The molecule has 1 atom stereocenters. The lowest BCUT2D eigenvalue weighted by Crippen LogP contribution is -2.49. The first kappa shape index (κ1) is 16.5. The molecule has 0 bridgehead atoms. The van der Waals surface area contributed by atoms with Gasteiger partial charge in [0.05, 0.1) is 6.07 Å².